The summed E-state index contributed by atoms with van der Waals surface area (Å²) in [6.45, 7) is 3.90. The van der Waals surface area contributed by atoms with Crippen LogP contribution in [0.4, 0.5) is 5.82 Å². The summed E-state index contributed by atoms with van der Waals surface area (Å²) in [7, 11) is 0. The number of aromatic nitrogens is 1. The molecule has 0 radical (unpaired) electrons. The van der Waals surface area contributed by atoms with E-state index < -0.39 is 11.9 Å². The Balaban J connectivity index is 1.81. The number of anilines is 1. The molecule has 0 saturated heterocycles. The molecule has 2 aromatic heterocycles. The van der Waals surface area contributed by atoms with Crippen molar-refractivity contribution >= 4 is 34.3 Å². The van der Waals surface area contributed by atoms with Gasteiger partial charge in [0, 0.05) is 6.20 Å². The van der Waals surface area contributed by atoms with Gasteiger partial charge in [0.25, 0.3) is 5.91 Å². The molecular weight excluding hydrogens is 400 g/mol. The highest BCUT2D eigenvalue weighted by molar-refractivity contribution is 6.30. The molecule has 0 bridgehead atoms. The minimum Gasteiger partial charge on any atom is -0.450 e. The maximum atomic E-state index is 13.5. The van der Waals surface area contributed by atoms with Gasteiger partial charge in [0.05, 0.1) is 22.0 Å². The van der Waals surface area contributed by atoms with Crippen LogP contribution in [0.1, 0.15) is 38.9 Å². The van der Waals surface area contributed by atoms with E-state index in [0.717, 1.165) is 16.7 Å². The van der Waals surface area contributed by atoms with Crippen LogP contribution in [0.5, 0.6) is 0 Å². The molecule has 1 atom stereocenters. The van der Waals surface area contributed by atoms with Crippen molar-refractivity contribution < 1.29 is 9.21 Å². The molecule has 0 fully saturated rings. The van der Waals surface area contributed by atoms with Crippen LogP contribution in [0.3, 0.4) is 0 Å². The van der Waals surface area contributed by atoms with E-state index in [2.05, 4.69) is 4.98 Å². The van der Waals surface area contributed by atoms with Crippen molar-refractivity contribution in [3.63, 3.8) is 0 Å². The average Bonchev–Trinajstić information content (AvgIpc) is 3.03. The van der Waals surface area contributed by atoms with E-state index in [9.17, 15) is 9.59 Å². The lowest BCUT2D eigenvalue weighted by Gasteiger charge is -2.24. The Labute approximate surface area is 177 Å². The van der Waals surface area contributed by atoms with Gasteiger partial charge in [0.15, 0.2) is 5.43 Å². The first-order valence-corrected chi connectivity index (χ1v) is 9.91. The van der Waals surface area contributed by atoms with Gasteiger partial charge >= 0.3 is 0 Å². The van der Waals surface area contributed by atoms with Crippen LogP contribution >= 0.6 is 11.6 Å². The molecule has 5 rings (SSSR count). The predicted molar refractivity (Wildman–Crippen MR) is 116 cm³/mol. The number of hydrogen-bond acceptors (Lipinski definition) is 4. The number of carbonyl (C=O) groups is 1. The van der Waals surface area contributed by atoms with Gasteiger partial charge in [-0.05, 0) is 43.7 Å². The number of pyridine rings is 1. The number of halogens is 1. The monoisotopic (exact) mass is 416 g/mol. The van der Waals surface area contributed by atoms with Gasteiger partial charge in [0.2, 0.25) is 5.76 Å². The molecule has 1 amide bonds. The Morgan fingerprint density at radius 1 is 0.967 bits per heavy atom. The summed E-state index contributed by atoms with van der Waals surface area (Å²) in [6.07, 6.45) is 1.48. The molecule has 0 N–H and O–H groups in total. The molecule has 30 heavy (non-hydrogen) atoms. The first-order chi connectivity index (χ1) is 14.4. The standard InChI is InChI=1S/C24H17ClN2O3/c1-13-3-6-15(7-4-13)21-20-22(28)17-11-14(2)5-9-18(17)30-23(20)24(29)27(21)19-10-8-16(25)12-26-19/h3-12,21H,1-2H3. The van der Waals surface area contributed by atoms with Crippen LogP contribution in [0, 0.1) is 13.8 Å². The quantitative estimate of drug-likeness (QED) is 0.450. The predicted octanol–water partition coefficient (Wildman–Crippen LogP) is 5.21. The van der Waals surface area contributed by atoms with E-state index in [4.69, 9.17) is 16.0 Å². The normalized spacial score (nSPS) is 15.6. The first-order valence-electron chi connectivity index (χ1n) is 9.53. The van der Waals surface area contributed by atoms with Crippen molar-refractivity contribution in [3.8, 4) is 0 Å². The molecule has 4 aromatic rings. The van der Waals surface area contributed by atoms with E-state index in [-0.39, 0.29) is 11.2 Å². The summed E-state index contributed by atoms with van der Waals surface area (Å²) in [5.41, 5.74) is 3.36. The molecule has 1 aliphatic rings. The van der Waals surface area contributed by atoms with E-state index in [1.807, 2.05) is 44.2 Å². The number of amides is 1. The SMILES string of the molecule is Cc1ccc(C2c3c(oc4ccc(C)cc4c3=O)C(=O)N2c2ccc(Cl)cn2)cc1. The van der Waals surface area contributed by atoms with E-state index in [1.54, 1.807) is 24.3 Å². The van der Waals surface area contributed by atoms with Gasteiger partial charge in [-0.1, -0.05) is 53.1 Å². The van der Waals surface area contributed by atoms with Crippen LogP contribution < -0.4 is 10.3 Å². The lowest BCUT2D eigenvalue weighted by atomic mass is 9.97. The molecular formula is C24H17ClN2O3. The van der Waals surface area contributed by atoms with Crippen LogP contribution in [-0.2, 0) is 0 Å². The zero-order valence-electron chi connectivity index (χ0n) is 16.3. The fourth-order valence-corrected chi connectivity index (χ4v) is 4.01. The zero-order chi connectivity index (χ0) is 21.0. The fraction of sp³-hybridized carbons (Fsp3) is 0.125. The topological polar surface area (TPSA) is 63.4 Å². The van der Waals surface area contributed by atoms with Gasteiger partial charge in [-0.15, -0.1) is 0 Å². The number of fused-ring (bicyclic) bond motifs is 2. The van der Waals surface area contributed by atoms with Crippen molar-refractivity contribution in [3.05, 3.63) is 104 Å². The largest absolute Gasteiger partial charge is 0.450 e. The molecule has 1 aliphatic heterocycles. The molecule has 0 saturated carbocycles. The third kappa shape index (κ3) is 2.82. The average molecular weight is 417 g/mol. The number of benzene rings is 2. The second-order valence-electron chi connectivity index (χ2n) is 7.50. The highest BCUT2D eigenvalue weighted by Crippen LogP contribution is 2.40. The second kappa shape index (κ2) is 6.82. The lowest BCUT2D eigenvalue weighted by molar-refractivity contribution is 0.0970. The Morgan fingerprint density at radius 3 is 2.40 bits per heavy atom. The summed E-state index contributed by atoms with van der Waals surface area (Å²) in [6, 6.07) is 15.8. The minimum absolute atomic E-state index is 0.0543. The van der Waals surface area contributed by atoms with E-state index in [1.165, 1.54) is 11.1 Å². The molecule has 148 valence electrons. The number of rotatable bonds is 2. The zero-order valence-corrected chi connectivity index (χ0v) is 17.1. The Bertz CT molecular complexity index is 1360. The number of hydrogen-bond donors (Lipinski definition) is 0. The highest BCUT2D eigenvalue weighted by atomic mass is 35.5. The fourth-order valence-electron chi connectivity index (χ4n) is 3.90. The summed E-state index contributed by atoms with van der Waals surface area (Å²) < 4.78 is 5.96. The van der Waals surface area contributed by atoms with Crippen LogP contribution in [0.15, 0.2) is 70.0 Å². The van der Waals surface area contributed by atoms with Crippen molar-refractivity contribution in [2.75, 3.05) is 4.90 Å². The molecule has 3 heterocycles. The van der Waals surface area contributed by atoms with Gasteiger partial charge in [-0.3, -0.25) is 14.5 Å². The molecule has 2 aromatic carbocycles. The van der Waals surface area contributed by atoms with Crippen LogP contribution in [0.2, 0.25) is 5.02 Å². The van der Waals surface area contributed by atoms with Crippen LogP contribution in [0.25, 0.3) is 11.0 Å². The number of aryl methyl sites for hydroxylation is 2. The smallest absolute Gasteiger partial charge is 0.296 e. The minimum atomic E-state index is -0.636. The van der Waals surface area contributed by atoms with Gasteiger partial charge < -0.3 is 4.42 Å². The molecule has 0 spiro atoms. The Kier molecular flexibility index (Phi) is 4.22. The van der Waals surface area contributed by atoms with Crippen molar-refractivity contribution in [1.82, 2.24) is 4.98 Å². The number of carbonyl (C=O) groups excluding carboxylic acids is 1. The Morgan fingerprint density at radius 2 is 1.70 bits per heavy atom. The summed E-state index contributed by atoms with van der Waals surface area (Å²) in [5, 5.41) is 0.926. The Hall–Kier alpha value is -3.44. The van der Waals surface area contributed by atoms with E-state index >= 15 is 0 Å². The van der Waals surface area contributed by atoms with Crippen molar-refractivity contribution in [1.29, 1.82) is 0 Å². The third-order valence-electron chi connectivity index (χ3n) is 5.38. The second-order valence-corrected chi connectivity index (χ2v) is 7.93. The third-order valence-corrected chi connectivity index (χ3v) is 5.60. The van der Waals surface area contributed by atoms with Gasteiger partial charge in [-0.2, -0.15) is 0 Å². The first kappa shape index (κ1) is 18.6. The molecule has 1 unspecified atom stereocenters. The summed E-state index contributed by atoms with van der Waals surface area (Å²) >= 11 is 5.99. The van der Waals surface area contributed by atoms with E-state index in [0.29, 0.717) is 27.4 Å². The summed E-state index contributed by atoms with van der Waals surface area (Å²) in [4.78, 5) is 32.8. The maximum Gasteiger partial charge on any atom is 0.296 e. The van der Waals surface area contributed by atoms with Gasteiger partial charge in [0.1, 0.15) is 11.4 Å². The molecule has 6 heteroatoms. The van der Waals surface area contributed by atoms with Gasteiger partial charge in [-0.25, -0.2) is 4.98 Å². The summed E-state index contributed by atoms with van der Waals surface area (Å²) in [5.74, 6) is 0.0599. The lowest BCUT2D eigenvalue weighted by Crippen LogP contribution is -2.30. The highest BCUT2D eigenvalue weighted by Gasteiger charge is 2.44. The van der Waals surface area contributed by atoms with Crippen molar-refractivity contribution in [2.24, 2.45) is 0 Å². The molecule has 5 nitrogen and oxygen atoms in total. The molecule has 0 aliphatic carbocycles. The maximum absolute atomic E-state index is 13.5. The van der Waals surface area contributed by atoms with Crippen LogP contribution in [-0.4, -0.2) is 10.9 Å². The van der Waals surface area contributed by atoms with Crippen molar-refractivity contribution in [2.45, 2.75) is 19.9 Å². The number of nitrogens with zero attached hydrogens (tertiary/aromatic N) is 2.